The normalized spacial score (nSPS) is 19.9. The third kappa shape index (κ3) is 7.45. The first-order valence-electron chi connectivity index (χ1n) is 10.6. The molecule has 0 radical (unpaired) electrons. The molecule has 1 fully saturated rings. The van der Waals surface area contributed by atoms with E-state index in [0.29, 0.717) is 25.2 Å². The van der Waals surface area contributed by atoms with E-state index in [0.717, 1.165) is 25.5 Å². The van der Waals surface area contributed by atoms with Gasteiger partial charge in [0, 0.05) is 38.9 Å². The monoisotopic (exact) mass is 445 g/mol. The van der Waals surface area contributed by atoms with Gasteiger partial charge in [-0.05, 0) is 44.4 Å². The molecule has 0 aliphatic heterocycles. The molecule has 0 unspecified atom stereocenters. The van der Waals surface area contributed by atoms with Crippen LogP contribution < -0.4 is 10.6 Å². The predicted molar refractivity (Wildman–Crippen MR) is 117 cm³/mol. The van der Waals surface area contributed by atoms with E-state index in [1.54, 1.807) is 30.3 Å². The van der Waals surface area contributed by atoms with E-state index in [2.05, 4.69) is 20.7 Å². The molecule has 0 aromatic carbocycles. The summed E-state index contributed by atoms with van der Waals surface area (Å²) in [6, 6.07) is 7.08. The van der Waals surface area contributed by atoms with Crippen LogP contribution >= 0.6 is 0 Å². The third-order valence-corrected chi connectivity index (χ3v) is 5.20. The minimum absolute atomic E-state index is 0.0157. The van der Waals surface area contributed by atoms with Gasteiger partial charge < -0.3 is 20.5 Å². The van der Waals surface area contributed by atoms with E-state index in [9.17, 15) is 9.59 Å². The lowest BCUT2D eigenvalue weighted by Gasteiger charge is -2.35. The number of carbonyl (C=O) groups is 3. The van der Waals surface area contributed by atoms with Gasteiger partial charge in [-0.15, -0.1) is 0 Å². The topological polar surface area (TPSA) is 135 Å². The summed E-state index contributed by atoms with van der Waals surface area (Å²) in [7, 11) is 1.64. The van der Waals surface area contributed by atoms with Crippen molar-refractivity contribution in [3.8, 4) is 0 Å². The van der Waals surface area contributed by atoms with Crippen LogP contribution in [0.1, 0.15) is 49.3 Å². The Hall–Kier alpha value is -3.27. The van der Waals surface area contributed by atoms with Crippen LogP contribution in [0, 0.1) is 5.92 Å². The van der Waals surface area contributed by atoms with Gasteiger partial charge in [0.15, 0.2) is 0 Å². The van der Waals surface area contributed by atoms with Gasteiger partial charge in [-0.25, -0.2) is 0 Å². The molecular formula is C22H31N5O5. The number of aryl methyl sites for hydroxylation is 1. The molecule has 3 atom stereocenters. The largest absolute Gasteiger partial charge is 0.481 e. The highest BCUT2D eigenvalue weighted by molar-refractivity contribution is 5.92. The number of nitrogens with zero attached hydrogens (tertiary/aromatic N) is 3. The first kappa shape index (κ1) is 25.0. The summed E-state index contributed by atoms with van der Waals surface area (Å²) in [6.07, 6.45) is 5.20. The fourth-order valence-electron chi connectivity index (χ4n) is 3.66. The van der Waals surface area contributed by atoms with E-state index in [1.165, 1.54) is 0 Å². The molecule has 2 aromatic rings. The molecule has 2 aromatic heterocycles. The van der Waals surface area contributed by atoms with Crippen LogP contribution in [0.15, 0.2) is 36.7 Å². The highest BCUT2D eigenvalue weighted by Crippen LogP contribution is 2.27. The van der Waals surface area contributed by atoms with Crippen molar-refractivity contribution in [1.29, 1.82) is 0 Å². The number of aliphatic carboxylic acids is 1. The van der Waals surface area contributed by atoms with Crippen molar-refractivity contribution in [1.82, 2.24) is 25.4 Å². The number of aromatic nitrogens is 3. The quantitative estimate of drug-likeness (QED) is 0.589. The SMILES string of the molecule is CC(=O)O.CCn1nccc1C(=O)N[C@@H]1C[C@@H](C(=O)NCc2ccccn2)CC[C@H]1OC. The molecule has 1 saturated carbocycles. The number of rotatable bonds is 7. The summed E-state index contributed by atoms with van der Waals surface area (Å²) in [5, 5.41) is 17.5. The second-order valence-corrected chi connectivity index (χ2v) is 7.45. The van der Waals surface area contributed by atoms with Crippen molar-refractivity contribution in [2.75, 3.05) is 7.11 Å². The predicted octanol–water partition coefficient (Wildman–Crippen LogP) is 1.62. The fourth-order valence-corrected chi connectivity index (χ4v) is 3.66. The van der Waals surface area contributed by atoms with Crippen molar-refractivity contribution in [3.05, 3.63) is 48.0 Å². The van der Waals surface area contributed by atoms with Crippen molar-refractivity contribution in [3.63, 3.8) is 0 Å². The number of amides is 2. The van der Waals surface area contributed by atoms with E-state index in [4.69, 9.17) is 14.6 Å². The molecule has 2 heterocycles. The van der Waals surface area contributed by atoms with Crippen LogP contribution in [0.5, 0.6) is 0 Å². The Morgan fingerprint density at radius 3 is 2.59 bits per heavy atom. The van der Waals surface area contributed by atoms with E-state index < -0.39 is 5.97 Å². The van der Waals surface area contributed by atoms with Gasteiger partial charge in [0.2, 0.25) is 5.91 Å². The zero-order valence-electron chi connectivity index (χ0n) is 18.7. The summed E-state index contributed by atoms with van der Waals surface area (Å²) in [4.78, 5) is 38.5. The number of carboxylic acids is 1. The van der Waals surface area contributed by atoms with Gasteiger partial charge >= 0.3 is 0 Å². The van der Waals surface area contributed by atoms with Gasteiger partial charge in [-0.2, -0.15) is 5.10 Å². The Morgan fingerprint density at radius 1 is 1.22 bits per heavy atom. The average Bonchev–Trinajstić information content (AvgIpc) is 3.27. The van der Waals surface area contributed by atoms with Gasteiger partial charge in [0.1, 0.15) is 5.69 Å². The third-order valence-electron chi connectivity index (χ3n) is 5.20. The molecule has 0 bridgehead atoms. The Labute approximate surface area is 187 Å². The molecule has 1 aliphatic rings. The van der Waals surface area contributed by atoms with Crippen LogP contribution in [0.2, 0.25) is 0 Å². The first-order valence-corrected chi connectivity index (χ1v) is 10.6. The maximum absolute atomic E-state index is 12.7. The zero-order chi connectivity index (χ0) is 23.5. The molecule has 32 heavy (non-hydrogen) atoms. The molecule has 0 spiro atoms. The van der Waals surface area contributed by atoms with Gasteiger partial charge in [-0.1, -0.05) is 6.07 Å². The average molecular weight is 446 g/mol. The lowest BCUT2D eigenvalue weighted by Crippen LogP contribution is -2.50. The van der Waals surface area contributed by atoms with Crippen LogP contribution in [-0.2, 0) is 27.4 Å². The van der Waals surface area contributed by atoms with Crippen molar-refractivity contribution in [2.45, 2.75) is 58.3 Å². The minimum Gasteiger partial charge on any atom is -0.481 e. The molecule has 10 heteroatoms. The Morgan fingerprint density at radius 2 is 1.97 bits per heavy atom. The van der Waals surface area contributed by atoms with Crippen LogP contribution in [-0.4, -0.2) is 56.9 Å². The molecule has 2 amide bonds. The summed E-state index contributed by atoms with van der Waals surface area (Å²) in [5.41, 5.74) is 1.33. The number of ether oxygens (including phenoxy) is 1. The fraction of sp³-hybridized carbons (Fsp3) is 0.500. The Kier molecular flexibility index (Phi) is 9.80. The molecule has 1 aliphatic carbocycles. The van der Waals surface area contributed by atoms with Crippen molar-refractivity contribution < 1.29 is 24.2 Å². The molecule has 0 saturated heterocycles. The number of nitrogens with one attached hydrogen (secondary N) is 2. The summed E-state index contributed by atoms with van der Waals surface area (Å²) in [6.45, 7) is 4.04. The number of carbonyl (C=O) groups excluding carboxylic acids is 2. The standard InChI is InChI=1S/C20H27N5O3.C2H4O2/c1-3-25-17(9-11-23-25)20(27)24-16-12-14(7-8-18(16)28-2)19(26)22-13-15-6-4-5-10-21-15;1-2(3)4/h4-6,9-11,14,16,18H,3,7-8,12-13H2,1-2H3,(H,22,26)(H,24,27);1H3,(H,3,4)/t14-,16+,18+;/m0./s1. The maximum atomic E-state index is 12.7. The van der Waals surface area contributed by atoms with Crippen molar-refractivity contribution in [2.24, 2.45) is 5.92 Å². The lowest BCUT2D eigenvalue weighted by atomic mass is 9.83. The minimum atomic E-state index is -0.833. The highest BCUT2D eigenvalue weighted by atomic mass is 16.5. The molecular weight excluding hydrogens is 414 g/mol. The molecule has 3 N–H and O–H groups in total. The molecule has 3 rings (SSSR count). The maximum Gasteiger partial charge on any atom is 0.300 e. The van der Waals surface area contributed by atoms with Crippen LogP contribution in [0.3, 0.4) is 0 Å². The molecule has 174 valence electrons. The number of hydrogen-bond acceptors (Lipinski definition) is 6. The second kappa shape index (κ2) is 12.6. The molecule has 10 nitrogen and oxygen atoms in total. The second-order valence-electron chi connectivity index (χ2n) is 7.45. The number of carboxylic acid groups (broad SMARTS) is 1. The van der Waals surface area contributed by atoms with Crippen LogP contribution in [0.25, 0.3) is 0 Å². The zero-order valence-corrected chi connectivity index (χ0v) is 18.7. The number of hydrogen-bond donors (Lipinski definition) is 3. The van der Waals surface area contributed by atoms with Gasteiger partial charge in [-0.3, -0.25) is 24.0 Å². The summed E-state index contributed by atoms with van der Waals surface area (Å²) >= 11 is 0. The van der Waals surface area contributed by atoms with Gasteiger partial charge in [0.05, 0.1) is 24.4 Å². The smallest absolute Gasteiger partial charge is 0.300 e. The summed E-state index contributed by atoms with van der Waals surface area (Å²) < 4.78 is 7.21. The van der Waals surface area contributed by atoms with Gasteiger partial charge in [0.25, 0.3) is 11.9 Å². The van der Waals surface area contributed by atoms with E-state index in [-0.39, 0.29) is 29.9 Å². The van der Waals surface area contributed by atoms with Crippen LogP contribution in [0.4, 0.5) is 0 Å². The lowest BCUT2D eigenvalue weighted by molar-refractivity contribution is -0.134. The highest BCUT2D eigenvalue weighted by Gasteiger charge is 2.35. The Bertz CT molecular complexity index is 882. The van der Waals surface area contributed by atoms with E-state index in [1.807, 2.05) is 25.1 Å². The number of pyridine rings is 1. The number of methoxy groups -OCH3 is 1. The van der Waals surface area contributed by atoms with E-state index >= 15 is 0 Å². The summed E-state index contributed by atoms with van der Waals surface area (Å²) in [5.74, 6) is -1.21. The van der Waals surface area contributed by atoms with Crippen molar-refractivity contribution >= 4 is 17.8 Å². The first-order chi connectivity index (χ1) is 15.3. The Balaban J connectivity index is 0.000000837.